The Morgan fingerprint density at radius 3 is 2.11 bits per heavy atom. The zero-order valence-electron chi connectivity index (χ0n) is 16.5. The van der Waals surface area contributed by atoms with E-state index >= 15 is 0 Å². The third-order valence-electron chi connectivity index (χ3n) is 3.75. The predicted octanol–water partition coefficient (Wildman–Crippen LogP) is 2.53. The van der Waals surface area contributed by atoms with E-state index in [1.807, 2.05) is 13.8 Å². The average molecular weight is 407 g/mol. The Kier molecular flexibility index (Phi) is 7.42. The second-order valence-electron chi connectivity index (χ2n) is 6.55. The maximum Gasteiger partial charge on any atom is 0.251 e. The molecule has 0 aromatic heterocycles. The Labute approximate surface area is 166 Å². The maximum absolute atomic E-state index is 12.1. The van der Waals surface area contributed by atoms with Crippen LogP contribution in [0.15, 0.2) is 53.4 Å². The molecule has 0 heterocycles. The number of carbonyl (C=O) groups is 1. The molecule has 0 saturated heterocycles. The van der Waals surface area contributed by atoms with Crippen molar-refractivity contribution in [3.05, 3.63) is 54.1 Å². The highest BCUT2D eigenvalue weighted by Crippen LogP contribution is 2.18. The number of rotatable bonds is 9. The molecular formula is C20H26N2O5S. The quantitative estimate of drug-likeness (QED) is 0.647. The first-order valence-electron chi connectivity index (χ1n) is 8.90. The Hall–Kier alpha value is -2.58. The summed E-state index contributed by atoms with van der Waals surface area (Å²) in [5.74, 6) is 1.05. The number of nitrogens with one attached hydrogen (secondary N) is 1. The topological polar surface area (TPSA) is 84.9 Å². The van der Waals surface area contributed by atoms with Crippen molar-refractivity contribution >= 4 is 15.9 Å². The highest BCUT2D eigenvalue weighted by molar-refractivity contribution is 7.89. The van der Waals surface area contributed by atoms with Gasteiger partial charge < -0.3 is 14.8 Å². The second-order valence-corrected chi connectivity index (χ2v) is 8.71. The van der Waals surface area contributed by atoms with E-state index in [-0.39, 0.29) is 23.5 Å². The number of hydrogen-bond donors (Lipinski definition) is 1. The van der Waals surface area contributed by atoms with E-state index in [0.29, 0.717) is 17.9 Å². The summed E-state index contributed by atoms with van der Waals surface area (Å²) in [6, 6.07) is 13.1. The predicted molar refractivity (Wildman–Crippen MR) is 107 cm³/mol. The molecule has 2 aromatic carbocycles. The van der Waals surface area contributed by atoms with Crippen LogP contribution in [0.4, 0.5) is 0 Å². The summed E-state index contributed by atoms with van der Waals surface area (Å²) in [4.78, 5) is 12.3. The molecule has 2 aromatic rings. The van der Waals surface area contributed by atoms with Crippen LogP contribution in [0.25, 0.3) is 0 Å². The Morgan fingerprint density at radius 2 is 1.57 bits per heavy atom. The van der Waals surface area contributed by atoms with Gasteiger partial charge in [0.25, 0.3) is 5.91 Å². The first kappa shape index (κ1) is 21.7. The molecule has 2 rings (SSSR count). The summed E-state index contributed by atoms with van der Waals surface area (Å²) in [6.07, 6.45) is 0.0777. The molecule has 0 saturated carbocycles. The van der Waals surface area contributed by atoms with E-state index in [1.165, 1.54) is 26.2 Å². The van der Waals surface area contributed by atoms with Crippen LogP contribution in [0.5, 0.6) is 11.5 Å². The van der Waals surface area contributed by atoms with Crippen molar-refractivity contribution in [1.82, 2.24) is 9.62 Å². The Bertz CT molecular complexity index is 876. The zero-order valence-corrected chi connectivity index (χ0v) is 17.3. The van der Waals surface area contributed by atoms with Gasteiger partial charge in [-0.1, -0.05) is 0 Å². The lowest BCUT2D eigenvalue weighted by Crippen LogP contribution is -2.28. The lowest BCUT2D eigenvalue weighted by atomic mass is 10.2. The van der Waals surface area contributed by atoms with Crippen molar-refractivity contribution in [3.8, 4) is 11.5 Å². The fourth-order valence-corrected chi connectivity index (χ4v) is 3.21. The van der Waals surface area contributed by atoms with Crippen LogP contribution in [0.1, 0.15) is 24.2 Å². The molecule has 0 unspecified atom stereocenters. The summed E-state index contributed by atoms with van der Waals surface area (Å²) in [5.41, 5.74) is 0.536. The zero-order chi connectivity index (χ0) is 20.7. The van der Waals surface area contributed by atoms with Crippen LogP contribution in [-0.2, 0) is 10.0 Å². The molecule has 1 N–H and O–H groups in total. The summed E-state index contributed by atoms with van der Waals surface area (Å²) in [7, 11) is -0.500. The second kappa shape index (κ2) is 9.57. The molecule has 8 heteroatoms. The first-order valence-corrected chi connectivity index (χ1v) is 10.3. The van der Waals surface area contributed by atoms with Gasteiger partial charge in [-0.3, -0.25) is 4.79 Å². The number of hydrogen-bond acceptors (Lipinski definition) is 5. The minimum Gasteiger partial charge on any atom is -0.492 e. The summed E-state index contributed by atoms with van der Waals surface area (Å²) >= 11 is 0. The fourth-order valence-electron chi connectivity index (χ4n) is 2.31. The highest BCUT2D eigenvalue weighted by atomic mass is 32.2. The van der Waals surface area contributed by atoms with Crippen molar-refractivity contribution in [2.75, 3.05) is 27.2 Å². The third kappa shape index (κ3) is 5.97. The highest BCUT2D eigenvalue weighted by Gasteiger charge is 2.16. The lowest BCUT2D eigenvalue weighted by molar-refractivity contribution is 0.0947. The van der Waals surface area contributed by atoms with E-state index in [9.17, 15) is 13.2 Å². The van der Waals surface area contributed by atoms with Gasteiger partial charge in [0.05, 0.1) is 17.5 Å². The van der Waals surface area contributed by atoms with Crippen LogP contribution >= 0.6 is 0 Å². The molecule has 0 fully saturated rings. The standard InChI is InChI=1S/C20H26N2O5S/c1-15(2)27-18-7-5-16(6-8-18)20(23)21-13-14-26-17-9-11-19(12-10-17)28(24,25)22(3)4/h5-12,15H,13-14H2,1-4H3,(H,21,23). The average Bonchev–Trinajstić information content (AvgIpc) is 2.65. The van der Waals surface area contributed by atoms with E-state index in [2.05, 4.69) is 5.32 Å². The molecule has 0 spiro atoms. The number of nitrogens with zero attached hydrogens (tertiary/aromatic N) is 1. The van der Waals surface area contributed by atoms with Gasteiger partial charge >= 0.3 is 0 Å². The molecule has 0 atom stereocenters. The van der Waals surface area contributed by atoms with Crippen LogP contribution in [0.2, 0.25) is 0 Å². The SMILES string of the molecule is CC(C)Oc1ccc(C(=O)NCCOc2ccc(S(=O)(=O)N(C)C)cc2)cc1. The summed E-state index contributed by atoms with van der Waals surface area (Å²) in [6.45, 7) is 4.46. The van der Waals surface area contributed by atoms with Crippen molar-refractivity contribution in [2.24, 2.45) is 0 Å². The van der Waals surface area contributed by atoms with Gasteiger partial charge in [-0.25, -0.2) is 12.7 Å². The maximum atomic E-state index is 12.1. The minimum atomic E-state index is -3.46. The summed E-state index contributed by atoms with van der Waals surface area (Å²) < 4.78 is 36.3. The van der Waals surface area contributed by atoms with Crippen molar-refractivity contribution < 1.29 is 22.7 Å². The van der Waals surface area contributed by atoms with Gasteiger partial charge in [-0.2, -0.15) is 0 Å². The first-order chi connectivity index (χ1) is 13.2. The molecule has 0 aliphatic heterocycles. The number of carbonyl (C=O) groups excluding carboxylic acids is 1. The lowest BCUT2D eigenvalue weighted by Gasteiger charge is -2.12. The van der Waals surface area contributed by atoms with Gasteiger partial charge in [0.2, 0.25) is 10.0 Å². The number of benzene rings is 2. The third-order valence-corrected chi connectivity index (χ3v) is 5.58. The largest absolute Gasteiger partial charge is 0.492 e. The van der Waals surface area contributed by atoms with Gasteiger partial charge in [-0.15, -0.1) is 0 Å². The molecule has 7 nitrogen and oxygen atoms in total. The Morgan fingerprint density at radius 1 is 1.00 bits per heavy atom. The number of ether oxygens (including phenoxy) is 2. The molecule has 1 amide bonds. The van der Waals surface area contributed by atoms with Gasteiger partial charge in [0, 0.05) is 19.7 Å². The van der Waals surface area contributed by atoms with Gasteiger partial charge in [0.1, 0.15) is 18.1 Å². The van der Waals surface area contributed by atoms with Crippen molar-refractivity contribution in [1.29, 1.82) is 0 Å². The molecule has 0 aliphatic carbocycles. The van der Waals surface area contributed by atoms with Crippen LogP contribution in [0, 0.1) is 0 Å². The molecule has 28 heavy (non-hydrogen) atoms. The minimum absolute atomic E-state index is 0.0777. The molecule has 0 radical (unpaired) electrons. The van der Waals surface area contributed by atoms with E-state index in [1.54, 1.807) is 36.4 Å². The van der Waals surface area contributed by atoms with Crippen LogP contribution in [0.3, 0.4) is 0 Å². The molecule has 0 bridgehead atoms. The number of sulfonamides is 1. The normalized spacial score (nSPS) is 11.5. The van der Waals surface area contributed by atoms with E-state index < -0.39 is 10.0 Å². The van der Waals surface area contributed by atoms with Crippen molar-refractivity contribution in [2.45, 2.75) is 24.8 Å². The molecular weight excluding hydrogens is 380 g/mol. The van der Waals surface area contributed by atoms with Crippen LogP contribution in [-0.4, -0.2) is 52.0 Å². The molecule has 152 valence electrons. The van der Waals surface area contributed by atoms with E-state index in [4.69, 9.17) is 9.47 Å². The Balaban J connectivity index is 1.80. The fraction of sp³-hybridized carbons (Fsp3) is 0.350. The van der Waals surface area contributed by atoms with Crippen molar-refractivity contribution in [3.63, 3.8) is 0 Å². The smallest absolute Gasteiger partial charge is 0.251 e. The molecule has 0 aliphatic rings. The number of amides is 1. The van der Waals surface area contributed by atoms with Gasteiger partial charge in [-0.05, 0) is 62.4 Å². The monoisotopic (exact) mass is 406 g/mol. The van der Waals surface area contributed by atoms with Crippen LogP contribution < -0.4 is 14.8 Å². The van der Waals surface area contributed by atoms with Gasteiger partial charge in [0.15, 0.2) is 0 Å². The van der Waals surface area contributed by atoms with E-state index in [0.717, 1.165) is 10.1 Å². The summed E-state index contributed by atoms with van der Waals surface area (Å²) in [5, 5.41) is 2.77.